The van der Waals surface area contributed by atoms with Crippen molar-refractivity contribution < 1.29 is 9.18 Å². The molecule has 94 valence electrons. The molecule has 0 saturated heterocycles. The van der Waals surface area contributed by atoms with Gasteiger partial charge in [0.05, 0.1) is 0 Å². The Balaban J connectivity index is 2.31. The molecule has 0 radical (unpaired) electrons. The second-order valence-corrected chi connectivity index (χ2v) is 4.53. The summed E-state index contributed by atoms with van der Waals surface area (Å²) in [6.07, 6.45) is 0.406. The van der Waals surface area contributed by atoms with Crippen molar-refractivity contribution >= 4 is 21.8 Å². The highest BCUT2D eigenvalue weighted by Gasteiger charge is 2.03. The van der Waals surface area contributed by atoms with Crippen LogP contribution in [0.2, 0.25) is 0 Å². The highest BCUT2D eigenvalue weighted by atomic mass is 79.9. The Bertz CT molecular complexity index is 385. The standard InChI is InChI=1S/C12H16BrFN2O/c1-2-16-12(17)5-6-15-8-9-7-10(13)3-4-11(9)14/h3-4,7,15H,2,5-6,8H2,1H3,(H,16,17). The number of benzene rings is 1. The molecule has 0 unspecified atom stereocenters. The molecule has 1 amide bonds. The van der Waals surface area contributed by atoms with Crippen molar-refractivity contribution in [3.05, 3.63) is 34.1 Å². The molecular formula is C12H16BrFN2O. The zero-order chi connectivity index (χ0) is 12.7. The van der Waals surface area contributed by atoms with Gasteiger partial charge in [-0.15, -0.1) is 0 Å². The van der Waals surface area contributed by atoms with Crippen LogP contribution in [0.4, 0.5) is 4.39 Å². The number of rotatable bonds is 6. The van der Waals surface area contributed by atoms with Gasteiger partial charge < -0.3 is 10.6 Å². The lowest BCUT2D eigenvalue weighted by molar-refractivity contribution is -0.120. The monoisotopic (exact) mass is 302 g/mol. The average Bonchev–Trinajstić information content (AvgIpc) is 2.29. The third-order valence-electron chi connectivity index (χ3n) is 2.23. The number of carbonyl (C=O) groups is 1. The van der Waals surface area contributed by atoms with Gasteiger partial charge in [0, 0.05) is 36.1 Å². The van der Waals surface area contributed by atoms with E-state index in [1.165, 1.54) is 6.07 Å². The summed E-state index contributed by atoms with van der Waals surface area (Å²) in [4.78, 5) is 11.1. The Kier molecular flexibility index (Phi) is 6.15. The first-order chi connectivity index (χ1) is 8.13. The first-order valence-electron chi connectivity index (χ1n) is 5.54. The van der Waals surface area contributed by atoms with Gasteiger partial charge in [-0.3, -0.25) is 4.79 Å². The van der Waals surface area contributed by atoms with Crippen molar-refractivity contribution in [1.29, 1.82) is 0 Å². The van der Waals surface area contributed by atoms with Crippen LogP contribution in [0, 0.1) is 5.82 Å². The Hall–Kier alpha value is -0.940. The summed E-state index contributed by atoms with van der Waals surface area (Å²) in [5.41, 5.74) is 0.593. The minimum atomic E-state index is -0.237. The fraction of sp³-hybridized carbons (Fsp3) is 0.417. The second-order valence-electron chi connectivity index (χ2n) is 3.62. The lowest BCUT2D eigenvalue weighted by Gasteiger charge is -2.06. The molecule has 0 aliphatic rings. The van der Waals surface area contributed by atoms with Crippen molar-refractivity contribution in [1.82, 2.24) is 10.6 Å². The fourth-order valence-electron chi connectivity index (χ4n) is 1.39. The molecule has 17 heavy (non-hydrogen) atoms. The summed E-state index contributed by atoms with van der Waals surface area (Å²) < 4.78 is 14.2. The van der Waals surface area contributed by atoms with Crippen molar-refractivity contribution in [2.75, 3.05) is 13.1 Å². The molecule has 0 fully saturated rings. The van der Waals surface area contributed by atoms with E-state index in [-0.39, 0.29) is 11.7 Å². The summed E-state index contributed by atoms with van der Waals surface area (Å²) in [6, 6.07) is 4.81. The van der Waals surface area contributed by atoms with Crippen LogP contribution in [0.25, 0.3) is 0 Å². The predicted molar refractivity (Wildman–Crippen MR) is 69.1 cm³/mol. The maximum atomic E-state index is 13.3. The van der Waals surface area contributed by atoms with Crippen LogP contribution in [0.3, 0.4) is 0 Å². The molecule has 0 saturated carbocycles. The van der Waals surface area contributed by atoms with Crippen LogP contribution in [-0.2, 0) is 11.3 Å². The number of halogens is 2. The number of carbonyl (C=O) groups excluding carboxylic acids is 1. The molecule has 0 aliphatic heterocycles. The van der Waals surface area contributed by atoms with Crippen LogP contribution in [0.1, 0.15) is 18.9 Å². The van der Waals surface area contributed by atoms with Gasteiger partial charge in [0.2, 0.25) is 5.91 Å². The first kappa shape index (κ1) is 14.1. The van der Waals surface area contributed by atoms with Gasteiger partial charge in [-0.2, -0.15) is 0 Å². The molecule has 0 aliphatic carbocycles. The number of nitrogens with one attached hydrogen (secondary N) is 2. The van der Waals surface area contributed by atoms with Gasteiger partial charge in [0.15, 0.2) is 0 Å². The summed E-state index contributed by atoms with van der Waals surface area (Å²) in [6.45, 7) is 3.48. The third-order valence-corrected chi connectivity index (χ3v) is 2.72. The van der Waals surface area contributed by atoms with Crippen molar-refractivity contribution in [2.24, 2.45) is 0 Å². The molecule has 0 bridgehead atoms. The first-order valence-corrected chi connectivity index (χ1v) is 6.34. The normalized spacial score (nSPS) is 10.3. The van der Waals surface area contributed by atoms with Gasteiger partial charge in [-0.25, -0.2) is 4.39 Å². The van der Waals surface area contributed by atoms with Crippen LogP contribution in [0.5, 0.6) is 0 Å². The van der Waals surface area contributed by atoms with E-state index in [0.717, 1.165) is 4.47 Å². The molecule has 0 spiro atoms. The lowest BCUT2D eigenvalue weighted by atomic mass is 10.2. The van der Waals surface area contributed by atoms with Crippen molar-refractivity contribution in [3.63, 3.8) is 0 Å². The largest absolute Gasteiger partial charge is 0.356 e. The maximum absolute atomic E-state index is 13.3. The van der Waals surface area contributed by atoms with E-state index < -0.39 is 0 Å². The molecule has 5 heteroatoms. The smallest absolute Gasteiger partial charge is 0.221 e. The van der Waals surface area contributed by atoms with Crippen LogP contribution < -0.4 is 10.6 Å². The molecular weight excluding hydrogens is 287 g/mol. The zero-order valence-electron chi connectivity index (χ0n) is 9.72. The van der Waals surface area contributed by atoms with Crippen molar-refractivity contribution in [3.8, 4) is 0 Å². The molecule has 1 aromatic rings. The van der Waals surface area contributed by atoms with Gasteiger partial charge in [0.1, 0.15) is 5.82 Å². The van der Waals surface area contributed by atoms with Gasteiger partial charge in [0.25, 0.3) is 0 Å². The SMILES string of the molecule is CCNC(=O)CCNCc1cc(Br)ccc1F. The van der Waals surface area contributed by atoms with Crippen LogP contribution in [0.15, 0.2) is 22.7 Å². The minimum absolute atomic E-state index is 0.00899. The second kappa shape index (κ2) is 7.40. The Morgan fingerprint density at radius 1 is 1.47 bits per heavy atom. The highest BCUT2D eigenvalue weighted by molar-refractivity contribution is 9.10. The summed E-state index contributed by atoms with van der Waals surface area (Å²) in [5, 5.41) is 5.74. The molecule has 3 nitrogen and oxygen atoms in total. The van der Waals surface area contributed by atoms with E-state index in [4.69, 9.17) is 0 Å². The van der Waals surface area contributed by atoms with Crippen LogP contribution in [-0.4, -0.2) is 19.0 Å². The minimum Gasteiger partial charge on any atom is -0.356 e. The molecule has 1 aromatic carbocycles. The van der Waals surface area contributed by atoms with E-state index in [2.05, 4.69) is 26.6 Å². The zero-order valence-corrected chi connectivity index (χ0v) is 11.3. The van der Waals surface area contributed by atoms with E-state index >= 15 is 0 Å². The van der Waals surface area contributed by atoms with E-state index in [1.54, 1.807) is 12.1 Å². The number of hydrogen-bond acceptors (Lipinski definition) is 2. The topological polar surface area (TPSA) is 41.1 Å². The average molecular weight is 303 g/mol. The highest BCUT2D eigenvalue weighted by Crippen LogP contribution is 2.15. The summed E-state index contributed by atoms with van der Waals surface area (Å²) >= 11 is 3.29. The Morgan fingerprint density at radius 3 is 2.94 bits per heavy atom. The van der Waals surface area contributed by atoms with E-state index in [9.17, 15) is 9.18 Å². The maximum Gasteiger partial charge on any atom is 0.221 e. The van der Waals surface area contributed by atoms with Crippen molar-refractivity contribution in [2.45, 2.75) is 19.9 Å². The molecule has 0 aromatic heterocycles. The molecule has 2 N–H and O–H groups in total. The predicted octanol–water partition coefficient (Wildman–Crippen LogP) is 2.20. The molecule has 0 atom stereocenters. The number of amides is 1. The van der Waals surface area contributed by atoms with E-state index in [1.807, 2.05) is 6.92 Å². The lowest BCUT2D eigenvalue weighted by Crippen LogP contribution is -2.27. The molecule has 0 heterocycles. The van der Waals surface area contributed by atoms with Gasteiger partial charge in [-0.05, 0) is 25.1 Å². The summed E-state index contributed by atoms with van der Waals surface area (Å²) in [7, 11) is 0. The molecule has 1 rings (SSSR count). The summed E-state index contributed by atoms with van der Waals surface area (Å²) in [5.74, 6) is -0.228. The van der Waals surface area contributed by atoms with Crippen LogP contribution >= 0.6 is 15.9 Å². The number of hydrogen-bond donors (Lipinski definition) is 2. The Morgan fingerprint density at radius 2 is 2.24 bits per heavy atom. The van der Waals surface area contributed by atoms with E-state index in [0.29, 0.717) is 31.6 Å². The Labute approximate surface area is 109 Å². The third kappa shape index (κ3) is 5.28. The van der Waals surface area contributed by atoms with Gasteiger partial charge >= 0.3 is 0 Å². The fourth-order valence-corrected chi connectivity index (χ4v) is 1.80. The van der Waals surface area contributed by atoms with Gasteiger partial charge in [-0.1, -0.05) is 15.9 Å². The quantitative estimate of drug-likeness (QED) is 0.791.